The molecule has 0 radical (unpaired) electrons. The SMILES string of the molecule is CCC1CC(N2CCNCC2C(N)=O)CCO1. The van der Waals surface area contributed by atoms with Crippen molar-refractivity contribution in [1.82, 2.24) is 10.2 Å². The highest BCUT2D eigenvalue weighted by Crippen LogP contribution is 2.23. The van der Waals surface area contributed by atoms with Crippen molar-refractivity contribution in [2.45, 2.75) is 44.4 Å². The van der Waals surface area contributed by atoms with Crippen LogP contribution in [0.4, 0.5) is 0 Å². The fraction of sp³-hybridized carbons (Fsp3) is 0.917. The van der Waals surface area contributed by atoms with Gasteiger partial charge in [-0.2, -0.15) is 0 Å². The number of nitrogens with one attached hydrogen (secondary N) is 1. The molecule has 2 saturated heterocycles. The van der Waals surface area contributed by atoms with Gasteiger partial charge in [0, 0.05) is 32.3 Å². The standard InChI is InChI=1S/C12H23N3O2/c1-2-10-7-9(3-6-17-10)15-5-4-14-8-11(15)12(13)16/h9-11,14H,2-8H2,1H3,(H2,13,16). The van der Waals surface area contributed by atoms with Crippen molar-refractivity contribution in [3.05, 3.63) is 0 Å². The molecular formula is C12H23N3O2. The summed E-state index contributed by atoms with van der Waals surface area (Å²) >= 11 is 0. The Morgan fingerprint density at radius 3 is 3.12 bits per heavy atom. The third-order valence-corrected chi connectivity index (χ3v) is 3.88. The highest BCUT2D eigenvalue weighted by atomic mass is 16.5. The maximum atomic E-state index is 11.5. The van der Waals surface area contributed by atoms with E-state index in [2.05, 4.69) is 17.1 Å². The predicted molar refractivity (Wildman–Crippen MR) is 65.6 cm³/mol. The summed E-state index contributed by atoms with van der Waals surface area (Å²) in [4.78, 5) is 13.7. The molecule has 2 aliphatic heterocycles. The molecule has 5 nitrogen and oxygen atoms in total. The molecule has 2 fully saturated rings. The van der Waals surface area contributed by atoms with Gasteiger partial charge in [-0.1, -0.05) is 6.92 Å². The summed E-state index contributed by atoms with van der Waals surface area (Å²) in [6.07, 6.45) is 3.43. The van der Waals surface area contributed by atoms with Crippen LogP contribution in [0.1, 0.15) is 26.2 Å². The maximum Gasteiger partial charge on any atom is 0.236 e. The van der Waals surface area contributed by atoms with Gasteiger partial charge in [0.15, 0.2) is 0 Å². The molecule has 0 bridgehead atoms. The Hall–Kier alpha value is -0.650. The summed E-state index contributed by atoms with van der Waals surface area (Å²) < 4.78 is 5.69. The van der Waals surface area contributed by atoms with Crippen LogP contribution in [0.25, 0.3) is 0 Å². The molecule has 5 heteroatoms. The van der Waals surface area contributed by atoms with E-state index in [0.29, 0.717) is 18.7 Å². The minimum atomic E-state index is -0.211. The van der Waals surface area contributed by atoms with E-state index in [9.17, 15) is 4.79 Å². The van der Waals surface area contributed by atoms with Crippen LogP contribution in [0.3, 0.4) is 0 Å². The quantitative estimate of drug-likeness (QED) is 0.712. The van der Waals surface area contributed by atoms with Gasteiger partial charge in [-0.05, 0) is 19.3 Å². The van der Waals surface area contributed by atoms with Crippen molar-refractivity contribution in [2.24, 2.45) is 5.73 Å². The smallest absolute Gasteiger partial charge is 0.236 e. The first-order chi connectivity index (χ1) is 8.22. The van der Waals surface area contributed by atoms with Gasteiger partial charge in [-0.15, -0.1) is 0 Å². The average Bonchev–Trinajstić information content (AvgIpc) is 2.39. The second kappa shape index (κ2) is 5.80. The predicted octanol–water partition coefficient (Wildman–Crippen LogP) is -0.297. The number of rotatable bonds is 3. The topological polar surface area (TPSA) is 67.6 Å². The Morgan fingerprint density at radius 2 is 2.41 bits per heavy atom. The third-order valence-electron chi connectivity index (χ3n) is 3.88. The summed E-state index contributed by atoms with van der Waals surface area (Å²) in [5, 5.41) is 3.24. The molecule has 1 amide bonds. The van der Waals surface area contributed by atoms with Gasteiger partial charge in [0.1, 0.15) is 6.04 Å². The van der Waals surface area contributed by atoms with Gasteiger partial charge in [-0.3, -0.25) is 9.69 Å². The minimum Gasteiger partial charge on any atom is -0.378 e. The van der Waals surface area contributed by atoms with Crippen molar-refractivity contribution >= 4 is 5.91 Å². The normalized spacial score (nSPS) is 35.7. The fourth-order valence-electron chi connectivity index (χ4n) is 2.87. The van der Waals surface area contributed by atoms with Crippen LogP contribution < -0.4 is 11.1 Å². The van der Waals surface area contributed by atoms with Gasteiger partial charge in [0.2, 0.25) is 5.91 Å². The highest BCUT2D eigenvalue weighted by molar-refractivity contribution is 5.80. The zero-order valence-electron chi connectivity index (χ0n) is 10.5. The largest absolute Gasteiger partial charge is 0.378 e. The molecule has 0 saturated carbocycles. The zero-order chi connectivity index (χ0) is 12.3. The summed E-state index contributed by atoms with van der Waals surface area (Å²) in [5.41, 5.74) is 5.48. The van der Waals surface area contributed by atoms with Crippen LogP contribution in [-0.2, 0) is 9.53 Å². The van der Waals surface area contributed by atoms with E-state index in [1.54, 1.807) is 0 Å². The number of ether oxygens (including phenoxy) is 1. The molecule has 0 aromatic carbocycles. The Balaban J connectivity index is 2.00. The summed E-state index contributed by atoms with van der Waals surface area (Å²) in [7, 11) is 0. The molecule has 17 heavy (non-hydrogen) atoms. The molecule has 3 atom stereocenters. The molecule has 2 rings (SSSR count). The lowest BCUT2D eigenvalue weighted by Crippen LogP contribution is -2.61. The maximum absolute atomic E-state index is 11.5. The molecule has 3 unspecified atom stereocenters. The first kappa shape index (κ1) is 12.8. The molecule has 0 aromatic rings. The molecule has 3 N–H and O–H groups in total. The Labute approximate surface area is 103 Å². The van der Waals surface area contributed by atoms with E-state index < -0.39 is 0 Å². The van der Waals surface area contributed by atoms with Crippen molar-refractivity contribution < 1.29 is 9.53 Å². The minimum absolute atomic E-state index is 0.149. The summed E-state index contributed by atoms with van der Waals surface area (Å²) in [6, 6.07) is 0.303. The molecule has 98 valence electrons. The third kappa shape index (κ3) is 2.97. The van der Waals surface area contributed by atoms with Crippen LogP contribution in [0.5, 0.6) is 0 Å². The molecule has 2 heterocycles. The van der Waals surface area contributed by atoms with E-state index in [-0.39, 0.29) is 11.9 Å². The second-order valence-electron chi connectivity index (χ2n) is 4.94. The Bertz CT molecular complexity index is 272. The van der Waals surface area contributed by atoms with Gasteiger partial charge < -0.3 is 15.8 Å². The van der Waals surface area contributed by atoms with Crippen LogP contribution in [0.2, 0.25) is 0 Å². The van der Waals surface area contributed by atoms with E-state index in [1.165, 1.54) is 0 Å². The molecule has 2 aliphatic rings. The van der Waals surface area contributed by atoms with Gasteiger partial charge >= 0.3 is 0 Å². The van der Waals surface area contributed by atoms with Crippen LogP contribution in [0.15, 0.2) is 0 Å². The molecule has 0 spiro atoms. The number of amides is 1. The number of carbonyl (C=O) groups is 1. The first-order valence-electron chi connectivity index (χ1n) is 6.59. The monoisotopic (exact) mass is 241 g/mol. The van der Waals surface area contributed by atoms with Crippen LogP contribution in [-0.4, -0.2) is 55.2 Å². The lowest BCUT2D eigenvalue weighted by Gasteiger charge is -2.43. The van der Waals surface area contributed by atoms with Gasteiger partial charge in [0.25, 0.3) is 0 Å². The molecular weight excluding hydrogens is 218 g/mol. The lowest BCUT2D eigenvalue weighted by atomic mass is 9.97. The summed E-state index contributed by atoms with van der Waals surface area (Å²) in [6.45, 7) is 5.49. The molecule has 0 aromatic heterocycles. The van der Waals surface area contributed by atoms with Gasteiger partial charge in [0.05, 0.1) is 6.10 Å². The molecule has 0 aliphatic carbocycles. The van der Waals surface area contributed by atoms with E-state index in [1.807, 2.05) is 0 Å². The fourth-order valence-corrected chi connectivity index (χ4v) is 2.87. The number of primary amides is 1. The lowest BCUT2D eigenvalue weighted by molar-refractivity contribution is -0.127. The van der Waals surface area contributed by atoms with Crippen LogP contribution in [0, 0.1) is 0 Å². The van der Waals surface area contributed by atoms with Crippen molar-refractivity contribution in [3.63, 3.8) is 0 Å². The number of piperazine rings is 1. The average molecular weight is 241 g/mol. The number of nitrogens with zero attached hydrogens (tertiary/aromatic N) is 1. The zero-order valence-corrected chi connectivity index (χ0v) is 10.5. The summed E-state index contributed by atoms with van der Waals surface area (Å²) in [5.74, 6) is -0.211. The number of nitrogens with two attached hydrogens (primary N) is 1. The van der Waals surface area contributed by atoms with E-state index in [4.69, 9.17) is 10.5 Å². The number of carbonyl (C=O) groups excluding carboxylic acids is 1. The Kier molecular flexibility index (Phi) is 4.36. The van der Waals surface area contributed by atoms with Crippen molar-refractivity contribution in [3.8, 4) is 0 Å². The number of hydrogen-bond donors (Lipinski definition) is 2. The first-order valence-corrected chi connectivity index (χ1v) is 6.59. The Morgan fingerprint density at radius 1 is 1.59 bits per heavy atom. The highest BCUT2D eigenvalue weighted by Gasteiger charge is 2.34. The van der Waals surface area contributed by atoms with Crippen LogP contribution >= 0.6 is 0 Å². The van der Waals surface area contributed by atoms with Gasteiger partial charge in [-0.25, -0.2) is 0 Å². The van der Waals surface area contributed by atoms with E-state index >= 15 is 0 Å². The van der Waals surface area contributed by atoms with Crippen molar-refractivity contribution in [1.29, 1.82) is 0 Å². The van der Waals surface area contributed by atoms with Crippen molar-refractivity contribution in [2.75, 3.05) is 26.2 Å². The number of hydrogen-bond acceptors (Lipinski definition) is 4. The van der Waals surface area contributed by atoms with E-state index in [0.717, 1.165) is 39.0 Å². The second-order valence-corrected chi connectivity index (χ2v) is 4.94.